The summed E-state index contributed by atoms with van der Waals surface area (Å²) in [6.07, 6.45) is 0. The molecule has 6 nitrogen and oxygen atoms in total. The lowest BCUT2D eigenvalue weighted by molar-refractivity contribution is -0.123. The molecule has 1 unspecified atom stereocenters. The summed E-state index contributed by atoms with van der Waals surface area (Å²) in [7, 11) is 0. The molecule has 1 aliphatic heterocycles. The molecule has 1 aromatic carbocycles. The largest absolute Gasteiger partial charge is 0.358 e. The summed E-state index contributed by atoms with van der Waals surface area (Å²) in [5.74, 6) is -0.409. The number of carbonyl (C=O) groups excluding carboxylic acids is 2. The molecule has 1 saturated heterocycles. The molecule has 2 heterocycles. The maximum absolute atomic E-state index is 12.1. The number of aryl methyl sites for hydroxylation is 1. The molecule has 1 fully saturated rings. The van der Waals surface area contributed by atoms with E-state index in [9.17, 15) is 9.59 Å². The maximum atomic E-state index is 12.1. The molecule has 0 spiro atoms. The quantitative estimate of drug-likeness (QED) is 0.589. The molecule has 98 valence electrons. The number of amides is 3. The molecule has 0 saturated carbocycles. The molecule has 5 N–H and O–H groups in total. The van der Waals surface area contributed by atoms with E-state index in [4.69, 9.17) is 5.73 Å². The van der Waals surface area contributed by atoms with Gasteiger partial charge in [-0.2, -0.15) is 0 Å². The van der Waals surface area contributed by atoms with Crippen molar-refractivity contribution in [3.05, 3.63) is 35.5 Å². The molecule has 0 radical (unpaired) electrons. The SMILES string of the molecule is Cc1[nH]c2ccccc2c1C1(CN)NC(=O)NC1=O. The Balaban J connectivity index is 2.31. The predicted molar refractivity (Wildman–Crippen MR) is 70.4 cm³/mol. The number of benzene rings is 1. The van der Waals surface area contributed by atoms with Crippen LogP contribution >= 0.6 is 0 Å². The third-order valence-corrected chi connectivity index (χ3v) is 3.57. The van der Waals surface area contributed by atoms with Gasteiger partial charge in [0, 0.05) is 28.7 Å². The lowest BCUT2D eigenvalue weighted by atomic mass is 9.88. The molecule has 1 aromatic heterocycles. The summed E-state index contributed by atoms with van der Waals surface area (Å²) in [4.78, 5) is 26.8. The second-order valence-electron chi connectivity index (χ2n) is 4.69. The van der Waals surface area contributed by atoms with Gasteiger partial charge in [0.05, 0.1) is 0 Å². The van der Waals surface area contributed by atoms with E-state index >= 15 is 0 Å². The average Bonchev–Trinajstić information content (AvgIpc) is 2.86. The Morgan fingerprint density at radius 3 is 2.63 bits per heavy atom. The molecule has 0 aliphatic carbocycles. The Morgan fingerprint density at radius 2 is 2.00 bits per heavy atom. The Morgan fingerprint density at radius 1 is 1.26 bits per heavy atom. The van der Waals surface area contributed by atoms with Gasteiger partial charge in [0.15, 0.2) is 5.54 Å². The van der Waals surface area contributed by atoms with Gasteiger partial charge in [-0.25, -0.2) is 4.79 Å². The van der Waals surface area contributed by atoms with Crippen molar-refractivity contribution in [3.63, 3.8) is 0 Å². The number of fused-ring (bicyclic) bond motifs is 1. The number of para-hydroxylation sites is 1. The summed E-state index contributed by atoms with van der Waals surface area (Å²) < 4.78 is 0. The van der Waals surface area contributed by atoms with Crippen molar-refractivity contribution in [2.45, 2.75) is 12.5 Å². The number of hydrogen-bond acceptors (Lipinski definition) is 3. The number of rotatable bonds is 2. The molecule has 3 amide bonds. The fourth-order valence-corrected chi connectivity index (χ4v) is 2.74. The molecule has 1 aliphatic rings. The van der Waals surface area contributed by atoms with Gasteiger partial charge >= 0.3 is 6.03 Å². The van der Waals surface area contributed by atoms with Crippen LogP contribution in [0.2, 0.25) is 0 Å². The summed E-state index contributed by atoms with van der Waals surface area (Å²) >= 11 is 0. The smallest absolute Gasteiger partial charge is 0.322 e. The normalized spacial score (nSPS) is 22.6. The van der Waals surface area contributed by atoms with Crippen molar-refractivity contribution in [2.75, 3.05) is 6.54 Å². The molecular formula is C13H14N4O2. The Labute approximate surface area is 109 Å². The lowest BCUT2D eigenvalue weighted by Crippen LogP contribution is -2.50. The van der Waals surface area contributed by atoms with E-state index in [1.54, 1.807) is 0 Å². The summed E-state index contributed by atoms with van der Waals surface area (Å²) in [6.45, 7) is 1.87. The minimum atomic E-state index is -1.19. The number of aromatic amines is 1. The van der Waals surface area contributed by atoms with Crippen molar-refractivity contribution in [1.82, 2.24) is 15.6 Å². The van der Waals surface area contributed by atoms with Crippen LogP contribution in [-0.4, -0.2) is 23.5 Å². The predicted octanol–water partition coefficient (Wildman–Crippen LogP) is 0.470. The molecule has 3 rings (SSSR count). The van der Waals surface area contributed by atoms with Crippen LogP contribution in [-0.2, 0) is 10.3 Å². The third kappa shape index (κ3) is 1.47. The molecule has 6 heteroatoms. The van der Waals surface area contributed by atoms with Crippen LogP contribution in [0, 0.1) is 6.92 Å². The first kappa shape index (κ1) is 11.7. The second kappa shape index (κ2) is 3.83. The second-order valence-corrected chi connectivity index (χ2v) is 4.69. The number of nitrogens with one attached hydrogen (secondary N) is 3. The number of urea groups is 1. The highest BCUT2D eigenvalue weighted by Crippen LogP contribution is 2.33. The number of hydrogen-bond donors (Lipinski definition) is 4. The topological polar surface area (TPSA) is 100 Å². The molecular weight excluding hydrogens is 244 g/mol. The van der Waals surface area contributed by atoms with E-state index < -0.39 is 17.5 Å². The van der Waals surface area contributed by atoms with Gasteiger partial charge in [0.25, 0.3) is 5.91 Å². The Bertz CT molecular complexity index is 691. The van der Waals surface area contributed by atoms with Crippen molar-refractivity contribution in [1.29, 1.82) is 0 Å². The number of imide groups is 1. The third-order valence-electron chi connectivity index (χ3n) is 3.57. The highest BCUT2D eigenvalue weighted by molar-refractivity contribution is 6.09. The van der Waals surface area contributed by atoms with Gasteiger partial charge in [-0.15, -0.1) is 0 Å². The summed E-state index contributed by atoms with van der Waals surface area (Å²) in [6, 6.07) is 7.11. The van der Waals surface area contributed by atoms with Crippen LogP contribution in [0.1, 0.15) is 11.3 Å². The molecule has 1 atom stereocenters. The van der Waals surface area contributed by atoms with Crippen molar-refractivity contribution in [3.8, 4) is 0 Å². The van der Waals surface area contributed by atoms with Crippen LogP contribution in [0.25, 0.3) is 10.9 Å². The van der Waals surface area contributed by atoms with Gasteiger partial charge in [-0.1, -0.05) is 18.2 Å². The fourth-order valence-electron chi connectivity index (χ4n) is 2.74. The summed E-state index contributed by atoms with van der Waals surface area (Å²) in [5.41, 5.74) is 7.06. The Hall–Kier alpha value is -2.34. The van der Waals surface area contributed by atoms with E-state index in [1.165, 1.54) is 0 Å². The van der Waals surface area contributed by atoms with Gasteiger partial charge in [0.2, 0.25) is 0 Å². The zero-order valence-electron chi connectivity index (χ0n) is 10.4. The lowest BCUT2D eigenvalue weighted by Gasteiger charge is -2.24. The minimum absolute atomic E-state index is 0.00720. The number of carbonyl (C=O) groups is 2. The first-order valence-corrected chi connectivity index (χ1v) is 6.00. The van der Waals surface area contributed by atoms with Gasteiger partial charge in [-0.3, -0.25) is 10.1 Å². The first-order chi connectivity index (χ1) is 9.08. The highest BCUT2D eigenvalue weighted by Gasteiger charge is 2.48. The summed E-state index contributed by atoms with van der Waals surface area (Å²) in [5, 5.41) is 5.81. The van der Waals surface area contributed by atoms with Crippen LogP contribution in [0.15, 0.2) is 24.3 Å². The maximum Gasteiger partial charge on any atom is 0.322 e. The van der Waals surface area contributed by atoms with Crippen LogP contribution in [0.5, 0.6) is 0 Å². The fraction of sp³-hybridized carbons (Fsp3) is 0.231. The van der Waals surface area contributed by atoms with E-state index in [0.29, 0.717) is 0 Å². The number of nitrogens with two attached hydrogens (primary N) is 1. The highest BCUT2D eigenvalue weighted by atomic mass is 16.2. The van der Waals surface area contributed by atoms with Crippen LogP contribution in [0.3, 0.4) is 0 Å². The Kier molecular flexibility index (Phi) is 2.36. The molecule has 2 aromatic rings. The van der Waals surface area contributed by atoms with E-state index in [0.717, 1.165) is 22.2 Å². The van der Waals surface area contributed by atoms with Crippen LogP contribution < -0.4 is 16.4 Å². The van der Waals surface area contributed by atoms with E-state index in [1.807, 2.05) is 31.2 Å². The van der Waals surface area contributed by atoms with Crippen molar-refractivity contribution >= 4 is 22.8 Å². The van der Waals surface area contributed by atoms with Crippen molar-refractivity contribution in [2.24, 2.45) is 5.73 Å². The van der Waals surface area contributed by atoms with Gasteiger partial charge in [0.1, 0.15) is 0 Å². The van der Waals surface area contributed by atoms with Crippen LogP contribution in [0.4, 0.5) is 4.79 Å². The molecule has 19 heavy (non-hydrogen) atoms. The van der Waals surface area contributed by atoms with Gasteiger partial charge in [-0.05, 0) is 13.0 Å². The van der Waals surface area contributed by atoms with E-state index in [2.05, 4.69) is 15.6 Å². The first-order valence-electron chi connectivity index (χ1n) is 6.00. The standard InChI is InChI=1S/C13H14N4O2/c1-7-10(8-4-2-3-5-9(8)15-7)13(6-14)11(18)16-12(19)17-13/h2-5,15H,6,14H2,1H3,(H2,16,17,18,19). The number of aromatic nitrogens is 1. The van der Waals surface area contributed by atoms with E-state index in [-0.39, 0.29) is 6.54 Å². The molecule has 0 bridgehead atoms. The zero-order valence-corrected chi connectivity index (χ0v) is 10.4. The van der Waals surface area contributed by atoms with Crippen molar-refractivity contribution < 1.29 is 9.59 Å². The minimum Gasteiger partial charge on any atom is -0.358 e. The average molecular weight is 258 g/mol. The monoisotopic (exact) mass is 258 g/mol. The number of H-pyrrole nitrogens is 1. The van der Waals surface area contributed by atoms with Gasteiger partial charge < -0.3 is 16.0 Å². The zero-order chi connectivity index (χ0) is 13.6.